The summed E-state index contributed by atoms with van der Waals surface area (Å²) in [6, 6.07) is 8.10. The Hall–Kier alpha value is -1.49. The summed E-state index contributed by atoms with van der Waals surface area (Å²) in [6.07, 6.45) is 3.47. The lowest BCUT2D eigenvalue weighted by Gasteiger charge is -2.39. The van der Waals surface area contributed by atoms with Crippen LogP contribution in [0.5, 0.6) is 0 Å². The first kappa shape index (κ1) is 16.0. The second-order valence-corrected chi connectivity index (χ2v) is 9.40. The zero-order chi connectivity index (χ0) is 16.9. The third-order valence-corrected chi connectivity index (χ3v) is 6.14. The predicted molar refractivity (Wildman–Crippen MR) is 96.0 cm³/mol. The minimum Gasteiger partial charge on any atom is -0.431 e. The summed E-state index contributed by atoms with van der Waals surface area (Å²) in [6.45, 7) is 7.90. The highest BCUT2D eigenvalue weighted by atomic mass is 32.2. The van der Waals surface area contributed by atoms with Crippen LogP contribution in [0.1, 0.15) is 40.0 Å². The SMILES string of the molecule is CC1(C)C[C@H]2C[C@](C)(CN2C(=O)CSc2nc3ccccc3o2)C1. The van der Waals surface area contributed by atoms with Crippen LogP contribution in [0.25, 0.3) is 11.1 Å². The van der Waals surface area contributed by atoms with Crippen LogP contribution in [0.2, 0.25) is 0 Å². The van der Waals surface area contributed by atoms with Crippen LogP contribution in [0, 0.1) is 10.8 Å². The highest BCUT2D eigenvalue weighted by molar-refractivity contribution is 7.99. The Kier molecular flexibility index (Phi) is 3.68. The number of carbonyl (C=O) groups is 1. The zero-order valence-electron chi connectivity index (χ0n) is 14.5. The largest absolute Gasteiger partial charge is 0.431 e. The van der Waals surface area contributed by atoms with E-state index in [4.69, 9.17) is 4.42 Å². The Balaban J connectivity index is 1.43. The second kappa shape index (κ2) is 5.51. The second-order valence-electron chi connectivity index (χ2n) is 8.47. The Morgan fingerprint density at radius 3 is 2.92 bits per heavy atom. The van der Waals surface area contributed by atoms with E-state index in [-0.39, 0.29) is 11.3 Å². The molecule has 2 heterocycles. The lowest BCUT2D eigenvalue weighted by molar-refractivity contribution is -0.129. The molecule has 4 nitrogen and oxygen atoms in total. The molecular weight excluding hydrogens is 320 g/mol. The van der Waals surface area contributed by atoms with Gasteiger partial charge in [-0.1, -0.05) is 44.7 Å². The van der Waals surface area contributed by atoms with Crippen LogP contribution in [0.3, 0.4) is 0 Å². The highest BCUT2D eigenvalue weighted by Crippen LogP contribution is 2.52. The van der Waals surface area contributed by atoms with Crippen LogP contribution in [-0.2, 0) is 4.79 Å². The molecule has 5 heteroatoms. The van der Waals surface area contributed by atoms with Crippen molar-refractivity contribution in [3.8, 4) is 0 Å². The lowest BCUT2D eigenvalue weighted by atomic mass is 9.65. The number of fused-ring (bicyclic) bond motifs is 3. The molecule has 128 valence electrons. The normalized spacial score (nSPS) is 28.5. The van der Waals surface area contributed by atoms with E-state index in [1.165, 1.54) is 18.2 Å². The number of rotatable bonds is 3. The quantitative estimate of drug-likeness (QED) is 0.777. The Bertz CT molecular complexity index is 752. The minimum absolute atomic E-state index is 0.216. The molecule has 2 aliphatic rings. The topological polar surface area (TPSA) is 46.3 Å². The number of likely N-dealkylation sites (tertiary alicyclic amines) is 1. The van der Waals surface area contributed by atoms with Crippen molar-refractivity contribution in [1.82, 2.24) is 9.88 Å². The molecule has 1 aliphatic heterocycles. The van der Waals surface area contributed by atoms with Gasteiger partial charge >= 0.3 is 0 Å². The van der Waals surface area contributed by atoms with Crippen molar-refractivity contribution in [2.45, 2.75) is 51.3 Å². The number of thioether (sulfide) groups is 1. The zero-order valence-corrected chi connectivity index (χ0v) is 15.4. The smallest absolute Gasteiger partial charge is 0.257 e. The van der Waals surface area contributed by atoms with E-state index in [1.807, 2.05) is 24.3 Å². The molecule has 0 unspecified atom stereocenters. The number of para-hydroxylation sites is 2. The van der Waals surface area contributed by atoms with Gasteiger partial charge in [0.2, 0.25) is 5.91 Å². The Labute approximate surface area is 147 Å². The number of aromatic nitrogens is 1. The van der Waals surface area contributed by atoms with Gasteiger partial charge in [0.15, 0.2) is 5.58 Å². The van der Waals surface area contributed by atoms with E-state index in [9.17, 15) is 4.79 Å². The van der Waals surface area contributed by atoms with Gasteiger partial charge < -0.3 is 9.32 Å². The van der Waals surface area contributed by atoms with Gasteiger partial charge in [0, 0.05) is 12.6 Å². The maximum Gasteiger partial charge on any atom is 0.257 e. The Morgan fingerprint density at radius 1 is 1.33 bits per heavy atom. The summed E-state index contributed by atoms with van der Waals surface area (Å²) < 4.78 is 5.70. The van der Waals surface area contributed by atoms with Crippen molar-refractivity contribution in [1.29, 1.82) is 0 Å². The highest BCUT2D eigenvalue weighted by Gasteiger charge is 2.50. The summed E-state index contributed by atoms with van der Waals surface area (Å²) in [4.78, 5) is 19.3. The number of benzene rings is 1. The van der Waals surface area contributed by atoms with E-state index in [0.29, 0.717) is 22.4 Å². The molecule has 1 aromatic carbocycles. The van der Waals surface area contributed by atoms with Crippen molar-refractivity contribution >= 4 is 28.8 Å². The Morgan fingerprint density at radius 2 is 2.12 bits per heavy atom. The average Bonchev–Trinajstić information content (AvgIpc) is 3.01. The molecule has 1 aliphatic carbocycles. The molecule has 0 spiro atoms. The maximum atomic E-state index is 12.8. The summed E-state index contributed by atoms with van der Waals surface area (Å²) in [5, 5.41) is 0.582. The van der Waals surface area contributed by atoms with Gasteiger partial charge in [-0.05, 0) is 42.2 Å². The van der Waals surface area contributed by atoms with Gasteiger partial charge in [-0.2, -0.15) is 0 Å². The first-order valence-electron chi connectivity index (χ1n) is 8.62. The maximum absolute atomic E-state index is 12.8. The molecule has 2 atom stereocenters. The molecule has 1 saturated carbocycles. The molecular formula is C19H24N2O2S. The number of amides is 1. The van der Waals surface area contributed by atoms with E-state index in [1.54, 1.807) is 0 Å². The fourth-order valence-electron chi connectivity index (χ4n) is 4.87. The minimum atomic E-state index is 0.216. The molecule has 1 saturated heterocycles. The van der Waals surface area contributed by atoms with E-state index in [0.717, 1.165) is 30.5 Å². The number of carbonyl (C=O) groups excluding carboxylic acids is 1. The molecule has 1 amide bonds. The van der Waals surface area contributed by atoms with Crippen molar-refractivity contribution in [2.75, 3.05) is 12.3 Å². The van der Waals surface area contributed by atoms with Gasteiger partial charge in [-0.15, -0.1) is 0 Å². The first-order valence-corrected chi connectivity index (χ1v) is 9.60. The summed E-state index contributed by atoms with van der Waals surface area (Å²) in [7, 11) is 0. The van der Waals surface area contributed by atoms with Crippen LogP contribution in [-0.4, -0.2) is 34.1 Å². The predicted octanol–water partition coefficient (Wildman–Crippen LogP) is 4.35. The average molecular weight is 344 g/mol. The van der Waals surface area contributed by atoms with Crippen LogP contribution < -0.4 is 0 Å². The molecule has 2 aromatic rings. The van der Waals surface area contributed by atoms with Gasteiger partial charge in [0.1, 0.15) is 5.52 Å². The van der Waals surface area contributed by atoms with Crippen molar-refractivity contribution in [3.05, 3.63) is 24.3 Å². The van der Waals surface area contributed by atoms with Crippen LogP contribution in [0.15, 0.2) is 33.9 Å². The van der Waals surface area contributed by atoms with Crippen molar-refractivity contribution in [3.63, 3.8) is 0 Å². The molecule has 0 N–H and O–H groups in total. The molecule has 2 bridgehead atoms. The summed E-state index contributed by atoms with van der Waals surface area (Å²) >= 11 is 1.41. The third kappa shape index (κ3) is 2.94. The summed E-state index contributed by atoms with van der Waals surface area (Å²) in [5.41, 5.74) is 2.24. The summed E-state index contributed by atoms with van der Waals surface area (Å²) in [5.74, 6) is 0.619. The van der Waals surface area contributed by atoms with Crippen molar-refractivity contribution in [2.24, 2.45) is 10.8 Å². The van der Waals surface area contributed by atoms with Gasteiger partial charge in [-0.3, -0.25) is 4.79 Å². The monoisotopic (exact) mass is 344 g/mol. The van der Waals surface area contributed by atoms with E-state index in [2.05, 4.69) is 30.7 Å². The van der Waals surface area contributed by atoms with Crippen LogP contribution >= 0.6 is 11.8 Å². The fourth-order valence-corrected chi connectivity index (χ4v) is 5.60. The third-order valence-electron chi connectivity index (χ3n) is 5.33. The standard InChI is InChI=1S/C19H24N2O2S/c1-18(2)8-13-9-19(3,11-18)12-21(13)16(22)10-24-17-20-14-6-4-5-7-15(14)23-17/h4-7,13H,8-12H2,1-3H3/t13-,19-/m0/s1. The fraction of sp³-hybridized carbons (Fsp3) is 0.579. The molecule has 1 aromatic heterocycles. The van der Waals surface area contributed by atoms with Gasteiger partial charge in [0.25, 0.3) is 5.22 Å². The molecule has 24 heavy (non-hydrogen) atoms. The number of hydrogen-bond acceptors (Lipinski definition) is 4. The lowest BCUT2D eigenvalue weighted by Crippen LogP contribution is -2.38. The van der Waals surface area contributed by atoms with E-state index < -0.39 is 0 Å². The number of nitrogens with zero attached hydrogens (tertiary/aromatic N) is 2. The molecule has 2 fully saturated rings. The van der Waals surface area contributed by atoms with Gasteiger partial charge in [0.05, 0.1) is 5.75 Å². The molecule has 0 radical (unpaired) electrons. The number of oxazole rings is 1. The van der Waals surface area contributed by atoms with E-state index >= 15 is 0 Å². The first-order chi connectivity index (χ1) is 11.3. The van der Waals surface area contributed by atoms with Crippen LogP contribution in [0.4, 0.5) is 0 Å². The van der Waals surface area contributed by atoms with Gasteiger partial charge in [-0.25, -0.2) is 4.98 Å². The number of hydrogen-bond donors (Lipinski definition) is 0. The van der Waals surface area contributed by atoms with Crippen molar-refractivity contribution < 1.29 is 9.21 Å². The molecule has 4 rings (SSSR count).